The van der Waals surface area contributed by atoms with E-state index in [1.54, 1.807) is 18.2 Å². The molecule has 0 radical (unpaired) electrons. The first-order valence-corrected chi connectivity index (χ1v) is 13.0. The zero-order valence-corrected chi connectivity index (χ0v) is 21.8. The van der Waals surface area contributed by atoms with Crippen LogP contribution in [-0.4, -0.2) is 102 Å². The number of aliphatic carboxylic acids is 1. The van der Waals surface area contributed by atoms with E-state index < -0.39 is 45.6 Å². The lowest BCUT2D eigenvalue weighted by Gasteiger charge is -2.41. The Labute approximate surface area is 220 Å². The fourth-order valence-electron chi connectivity index (χ4n) is 5.24. The van der Waals surface area contributed by atoms with Gasteiger partial charge in [0.1, 0.15) is 22.6 Å². The van der Waals surface area contributed by atoms with E-state index in [1.165, 1.54) is 27.4 Å². The molecule has 0 unspecified atom stereocenters. The molecule has 3 atom stereocenters. The van der Waals surface area contributed by atoms with Crippen molar-refractivity contribution in [2.75, 3.05) is 31.1 Å². The van der Waals surface area contributed by atoms with Crippen molar-refractivity contribution >= 4 is 52.8 Å². The van der Waals surface area contributed by atoms with Crippen LogP contribution >= 0.6 is 11.8 Å². The highest BCUT2D eigenvalue weighted by Gasteiger charge is 2.63. The van der Waals surface area contributed by atoms with Gasteiger partial charge in [0.15, 0.2) is 17.7 Å². The normalized spacial score (nSPS) is 24.7. The number of piperazine rings is 1. The molecule has 0 aromatic carbocycles. The van der Waals surface area contributed by atoms with Crippen LogP contribution in [0.25, 0.3) is 11.0 Å². The Morgan fingerprint density at radius 2 is 1.92 bits per heavy atom. The highest BCUT2D eigenvalue weighted by atomic mass is 32.2. The second-order valence-corrected chi connectivity index (χ2v) is 11.7. The van der Waals surface area contributed by atoms with Crippen molar-refractivity contribution in [3.05, 3.63) is 33.9 Å². The summed E-state index contributed by atoms with van der Waals surface area (Å²) in [4.78, 5) is 62.2. The summed E-state index contributed by atoms with van der Waals surface area (Å²) in [6.07, 6.45) is 2.83. The molecule has 0 bridgehead atoms. The number of carbonyl (C=O) groups excluding carboxylic acids is 1. The van der Waals surface area contributed by atoms with E-state index in [-0.39, 0.29) is 28.1 Å². The van der Waals surface area contributed by atoms with Gasteiger partial charge in [-0.25, -0.2) is 19.0 Å². The molecule has 38 heavy (non-hydrogen) atoms. The van der Waals surface area contributed by atoms with Gasteiger partial charge in [-0.05, 0) is 26.8 Å². The molecule has 3 aliphatic rings. The molecular formula is C24H27FN6O6S. The third-order valence-electron chi connectivity index (χ3n) is 7.21. The maximum atomic E-state index is 15.0. The molecule has 2 aromatic heterocycles. The Morgan fingerprint density at radius 3 is 2.53 bits per heavy atom. The van der Waals surface area contributed by atoms with Crippen molar-refractivity contribution in [2.45, 2.75) is 49.5 Å². The van der Waals surface area contributed by atoms with Gasteiger partial charge in [0.05, 0.1) is 11.7 Å². The smallest absolute Gasteiger partial charge is 0.341 e. The van der Waals surface area contributed by atoms with E-state index >= 15 is 4.39 Å². The van der Waals surface area contributed by atoms with Crippen LogP contribution in [0.15, 0.2) is 22.1 Å². The second kappa shape index (κ2) is 9.26. The van der Waals surface area contributed by atoms with Crippen LogP contribution < -0.4 is 10.3 Å². The Morgan fingerprint density at radius 1 is 1.24 bits per heavy atom. The number of anilines is 1. The summed E-state index contributed by atoms with van der Waals surface area (Å²) < 4.78 is 16.0. The van der Waals surface area contributed by atoms with Crippen LogP contribution in [0.5, 0.6) is 0 Å². The minimum absolute atomic E-state index is 0.0767. The number of carboxylic acid groups (broad SMARTS) is 2. The largest absolute Gasteiger partial charge is 0.480 e. The molecule has 0 aliphatic carbocycles. The van der Waals surface area contributed by atoms with E-state index in [1.807, 2.05) is 18.7 Å². The lowest BCUT2D eigenvalue weighted by Crippen LogP contribution is -2.65. The standard InChI is InChI=1S/C24H27FN6O6S/c1-4-29-10-13(22(34)35)16(32)12-9-14(25)19(27-18(12)29)30-7-5-28(6-8-30)11-26-15-20(33)31-17(23(36)37)24(2,3)38-21(15)31/h9-11,15,17,21H,4-8H2,1-3H3,(H,34,35)(H,36,37)/t15-,17+,21-/m1/s1. The number of aromatic carboxylic acids is 1. The van der Waals surface area contributed by atoms with Gasteiger partial charge < -0.3 is 29.5 Å². The number of β-lactam (4-membered cyclic amide) rings is 1. The van der Waals surface area contributed by atoms with Crippen LogP contribution in [0.1, 0.15) is 31.1 Å². The maximum absolute atomic E-state index is 15.0. The van der Waals surface area contributed by atoms with Crippen molar-refractivity contribution < 1.29 is 29.0 Å². The summed E-state index contributed by atoms with van der Waals surface area (Å²) in [6.45, 7) is 7.52. The molecule has 2 aromatic rings. The lowest BCUT2D eigenvalue weighted by molar-refractivity contribution is -0.158. The molecule has 0 saturated carbocycles. The van der Waals surface area contributed by atoms with E-state index in [9.17, 15) is 29.4 Å². The first-order chi connectivity index (χ1) is 17.9. The third-order valence-corrected chi connectivity index (χ3v) is 8.76. The Bertz CT molecular complexity index is 1440. The van der Waals surface area contributed by atoms with Crippen molar-refractivity contribution in [1.82, 2.24) is 19.4 Å². The average molecular weight is 547 g/mol. The number of hydrogen-bond donors (Lipinski definition) is 2. The number of fused-ring (bicyclic) bond motifs is 2. The van der Waals surface area contributed by atoms with Gasteiger partial charge in [-0.1, -0.05) is 0 Å². The molecule has 12 nitrogen and oxygen atoms in total. The van der Waals surface area contributed by atoms with Crippen LogP contribution in [-0.2, 0) is 16.1 Å². The number of carboxylic acids is 2. The van der Waals surface area contributed by atoms with Crippen LogP contribution in [0.4, 0.5) is 10.2 Å². The highest BCUT2D eigenvalue weighted by molar-refractivity contribution is 8.01. The van der Waals surface area contributed by atoms with Crippen molar-refractivity contribution in [3.8, 4) is 0 Å². The van der Waals surface area contributed by atoms with Gasteiger partial charge in [-0.15, -0.1) is 11.8 Å². The summed E-state index contributed by atoms with van der Waals surface area (Å²) in [5, 5.41) is 18.5. The topological polar surface area (TPSA) is 149 Å². The van der Waals surface area contributed by atoms with E-state index in [0.29, 0.717) is 32.7 Å². The minimum atomic E-state index is -1.38. The summed E-state index contributed by atoms with van der Waals surface area (Å²) in [7, 11) is 0. The van der Waals surface area contributed by atoms with Crippen LogP contribution in [0.3, 0.4) is 0 Å². The van der Waals surface area contributed by atoms with E-state index in [2.05, 4.69) is 9.98 Å². The number of thioether (sulfide) groups is 1. The predicted molar refractivity (Wildman–Crippen MR) is 138 cm³/mol. The van der Waals surface area contributed by atoms with Crippen LogP contribution in [0.2, 0.25) is 0 Å². The van der Waals surface area contributed by atoms with Crippen molar-refractivity contribution in [3.63, 3.8) is 0 Å². The number of aromatic nitrogens is 2. The fourth-order valence-corrected chi connectivity index (χ4v) is 6.86. The SMILES string of the molecule is CCn1cc(C(=O)O)c(=O)c2cc(F)c(N3CCN(C=N[C@@H]4C(=O)N5[C@@H]4SC(C)(C)[C@@H]5C(=O)O)CC3)nc21. The number of rotatable bonds is 6. The van der Waals surface area contributed by atoms with Crippen LogP contribution in [0, 0.1) is 5.82 Å². The number of nitrogens with zero attached hydrogens (tertiary/aromatic N) is 6. The number of carbonyl (C=O) groups is 3. The van der Waals surface area contributed by atoms with E-state index in [4.69, 9.17) is 0 Å². The Kier molecular flexibility index (Phi) is 6.32. The first kappa shape index (κ1) is 25.9. The fraction of sp³-hybridized carbons (Fsp3) is 0.500. The number of hydrogen-bond acceptors (Lipinski definition) is 8. The highest BCUT2D eigenvalue weighted by Crippen LogP contribution is 2.51. The molecular weight excluding hydrogens is 519 g/mol. The molecule has 2 N–H and O–H groups in total. The Balaban J connectivity index is 1.29. The molecule has 5 rings (SSSR count). The number of pyridine rings is 2. The summed E-state index contributed by atoms with van der Waals surface area (Å²) in [5.74, 6) is -3.34. The second-order valence-electron chi connectivity index (χ2n) is 9.96. The van der Waals surface area contributed by atoms with Crippen molar-refractivity contribution in [1.29, 1.82) is 0 Å². The molecule has 14 heteroatoms. The Hall–Kier alpha value is -3.68. The van der Waals surface area contributed by atoms with E-state index in [0.717, 1.165) is 6.07 Å². The molecule has 3 aliphatic heterocycles. The quantitative estimate of drug-likeness (QED) is 0.304. The van der Waals surface area contributed by atoms with Gasteiger partial charge in [0.25, 0.3) is 5.91 Å². The molecule has 5 heterocycles. The molecule has 3 fully saturated rings. The van der Waals surface area contributed by atoms with Gasteiger partial charge in [-0.2, -0.15) is 0 Å². The van der Waals surface area contributed by atoms with Gasteiger partial charge in [0.2, 0.25) is 5.43 Å². The predicted octanol–water partition coefficient (Wildman–Crippen LogP) is 0.920. The van der Waals surface area contributed by atoms with Gasteiger partial charge >= 0.3 is 11.9 Å². The average Bonchev–Trinajstić information content (AvgIpc) is 3.12. The van der Waals surface area contributed by atoms with Gasteiger partial charge in [-0.3, -0.25) is 14.6 Å². The number of halogens is 1. The molecule has 0 spiro atoms. The zero-order chi connectivity index (χ0) is 27.5. The number of amides is 1. The molecule has 1 amide bonds. The lowest BCUT2D eigenvalue weighted by atomic mass is 9.96. The molecule has 3 saturated heterocycles. The number of aryl methyl sites for hydroxylation is 1. The summed E-state index contributed by atoms with van der Waals surface area (Å²) >= 11 is 1.44. The monoisotopic (exact) mass is 546 g/mol. The summed E-state index contributed by atoms with van der Waals surface area (Å²) in [5.41, 5.74) is -1.00. The zero-order valence-electron chi connectivity index (χ0n) is 21.0. The first-order valence-electron chi connectivity index (χ1n) is 12.2. The minimum Gasteiger partial charge on any atom is -0.480 e. The number of aliphatic imine (C=N–C) groups is 1. The maximum Gasteiger partial charge on any atom is 0.341 e. The van der Waals surface area contributed by atoms with Crippen molar-refractivity contribution in [2.24, 2.45) is 4.99 Å². The third kappa shape index (κ3) is 4.06. The van der Waals surface area contributed by atoms with Gasteiger partial charge in [0, 0.05) is 43.7 Å². The molecule has 202 valence electrons. The summed E-state index contributed by atoms with van der Waals surface area (Å²) in [6, 6.07) is -0.474.